The van der Waals surface area contributed by atoms with Crippen molar-refractivity contribution in [3.05, 3.63) is 115 Å². The number of carbonyl (C=O) groups is 2. The van der Waals surface area contributed by atoms with Crippen molar-refractivity contribution in [1.29, 1.82) is 0 Å². The Balaban J connectivity index is 1.64. The van der Waals surface area contributed by atoms with Crippen molar-refractivity contribution in [2.24, 2.45) is 4.99 Å². The summed E-state index contributed by atoms with van der Waals surface area (Å²) in [7, 11) is 1.30. The molecule has 0 saturated carbocycles. The highest BCUT2D eigenvalue weighted by Gasteiger charge is 2.32. The third kappa shape index (κ3) is 3.99. The maximum Gasteiger partial charge on any atom is 0.338 e. The van der Waals surface area contributed by atoms with Gasteiger partial charge >= 0.3 is 11.9 Å². The Labute approximate surface area is 208 Å². The van der Waals surface area contributed by atoms with Crippen LogP contribution < -0.4 is 14.9 Å². The predicted molar refractivity (Wildman–Crippen MR) is 133 cm³/mol. The number of thiazole rings is 1. The van der Waals surface area contributed by atoms with E-state index >= 15 is 0 Å². The number of esters is 1. The third-order valence-electron chi connectivity index (χ3n) is 5.87. The number of fused-ring (bicyclic) bond motifs is 1. The standard InChI is InChI=1S/C27H20N2O6S/c1-15-22(26(33)34-2)23(16-8-4-3-5-9-16)29-24(30)21(36-27(29)28-15)14-17-12-13-20(35-17)18-10-6-7-11-19(18)25(31)32/h3-14,23H,1-2H3,(H,31,32)/b21-14-. The number of carbonyl (C=O) groups excluding carboxylic acids is 1. The molecule has 2 aromatic heterocycles. The Morgan fingerprint density at radius 3 is 2.53 bits per heavy atom. The molecule has 1 aliphatic rings. The van der Waals surface area contributed by atoms with Crippen LogP contribution in [0.25, 0.3) is 17.4 Å². The van der Waals surface area contributed by atoms with Crippen molar-refractivity contribution in [2.75, 3.05) is 7.11 Å². The molecule has 9 heteroatoms. The molecule has 5 rings (SSSR count). The van der Waals surface area contributed by atoms with Gasteiger partial charge in [-0.05, 0) is 30.7 Å². The van der Waals surface area contributed by atoms with Crippen molar-refractivity contribution in [1.82, 2.24) is 4.57 Å². The molecule has 8 nitrogen and oxygen atoms in total. The fourth-order valence-electron chi connectivity index (χ4n) is 4.23. The lowest BCUT2D eigenvalue weighted by atomic mass is 9.96. The molecule has 0 spiro atoms. The zero-order valence-corrected chi connectivity index (χ0v) is 20.1. The van der Waals surface area contributed by atoms with Crippen LogP contribution in [0.5, 0.6) is 0 Å². The van der Waals surface area contributed by atoms with E-state index in [1.54, 1.807) is 43.3 Å². The normalized spacial score (nSPS) is 15.4. The van der Waals surface area contributed by atoms with Crippen LogP contribution in [0.3, 0.4) is 0 Å². The maximum atomic E-state index is 13.6. The fourth-order valence-corrected chi connectivity index (χ4v) is 5.26. The number of allylic oxidation sites excluding steroid dienone is 1. The first-order valence-corrected chi connectivity index (χ1v) is 11.8. The lowest BCUT2D eigenvalue weighted by Crippen LogP contribution is -2.39. The molecule has 2 aromatic carbocycles. The van der Waals surface area contributed by atoms with E-state index in [9.17, 15) is 19.5 Å². The van der Waals surface area contributed by atoms with Gasteiger partial charge in [-0.2, -0.15) is 0 Å². The highest BCUT2D eigenvalue weighted by atomic mass is 32.1. The number of methoxy groups -OCH3 is 1. The predicted octanol–water partition coefficient (Wildman–Crippen LogP) is 3.37. The number of carboxylic acids is 1. The highest BCUT2D eigenvalue weighted by Crippen LogP contribution is 2.30. The smallest absolute Gasteiger partial charge is 0.338 e. The number of hydrogen-bond acceptors (Lipinski definition) is 7. The summed E-state index contributed by atoms with van der Waals surface area (Å²) in [4.78, 5) is 42.8. The molecule has 0 fully saturated rings. The summed E-state index contributed by atoms with van der Waals surface area (Å²) in [6.07, 6.45) is 1.59. The largest absolute Gasteiger partial charge is 0.478 e. The number of benzene rings is 2. The van der Waals surface area contributed by atoms with Gasteiger partial charge in [0, 0.05) is 11.6 Å². The van der Waals surface area contributed by atoms with E-state index < -0.39 is 18.0 Å². The summed E-state index contributed by atoms with van der Waals surface area (Å²) in [6, 6.07) is 18.4. The number of rotatable bonds is 5. The van der Waals surface area contributed by atoms with Crippen LogP contribution >= 0.6 is 11.3 Å². The van der Waals surface area contributed by atoms with Crippen LogP contribution in [0, 0.1) is 0 Å². The number of carboxylic acid groups (broad SMARTS) is 1. The molecule has 1 aliphatic heterocycles. The van der Waals surface area contributed by atoms with Crippen molar-refractivity contribution < 1.29 is 23.8 Å². The Hall–Kier alpha value is -4.50. The lowest BCUT2D eigenvalue weighted by molar-refractivity contribution is -0.136. The van der Waals surface area contributed by atoms with E-state index in [-0.39, 0.29) is 11.1 Å². The average Bonchev–Trinajstić information content (AvgIpc) is 3.47. The molecule has 0 aliphatic carbocycles. The fraction of sp³-hybridized carbons (Fsp3) is 0.111. The summed E-state index contributed by atoms with van der Waals surface area (Å²) in [5.74, 6) is -0.852. The second kappa shape index (κ2) is 9.27. The molecule has 180 valence electrons. The van der Waals surface area contributed by atoms with Crippen LogP contribution in [0.4, 0.5) is 0 Å². The van der Waals surface area contributed by atoms with Gasteiger partial charge in [0.25, 0.3) is 5.56 Å². The Morgan fingerprint density at radius 1 is 1.08 bits per heavy atom. The van der Waals surface area contributed by atoms with Gasteiger partial charge in [-0.25, -0.2) is 14.6 Å². The zero-order valence-electron chi connectivity index (χ0n) is 19.3. The van der Waals surface area contributed by atoms with Gasteiger partial charge in [0.05, 0.1) is 34.5 Å². The number of hydrogen-bond donors (Lipinski definition) is 1. The van der Waals surface area contributed by atoms with E-state index in [4.69, 9.17) is 9.15 Å². The molecule has 0 amide bonds. The molecule has 0 saturated heterocycles. The lowest BCUT2D eigenvalue weighted by Gasteiger charge is -2.24. The van der Waals surface area contributed by atoms with Crippen LogP contribution in [0.2, 0.25) is 0 Å². The van der Waals surface area contributed by atoms with Crippen molar-refractivity contribution in [3.63, 3.8) is 0 Å². The molecule has 0 radical (unpaired) electrons. The van der Waals surface area contributed by atoms with Gasteiger partial charge in [-0.15, -0.1) is 0 Å². The topological polar surface area (TPSA) is 111 Å². The summed E-state index contributed by atoms with van der Waals surface area (Å²) >= 11 is 1.18. The molecule has 1 N–H and O–H groups in total. The van der Waals surface area contributed by atoms with E-state index in [0.29, 0.717) is 37.7 Å². The first kappa shape index (κ1) is 23.3. The number of furan rings is 1. The first-order chi connectivity index (χ1) is 17.4. The minimum atomic E-state index is -1.06. The van der Waals surface area contributed by atoms with Crippen LogP contribution in [0.15, 0.2) is 92.2 Å². The monoisotopic (exact) mass is 500 g/mol. The van der Waals surface area contributed by atoms with Gasteiger partial charge in [0.1, 0.15) is 11.5 Å². The van der Waals surface area contributed by atoms with Gasteiger partial charge < -0.3 is 14.3 Å². The summed E-state index contributed by atoms with van der Waals surface area (Å²) < 4.78 is 12.7. The molecule has 0 bridgehead atoms. The first-order valence-electron chi connectivity index (χ1n) is 11.0. The summed E-state index contributed by atoms with van der Waals surface area (Å²) in [5.41, 5.74) is 1.76. The molecule has 1 unspecified atom stereocenters. The second-order valence-corrected chi connectivity index (χ2v) is 9.05. The van der Waals surface area contributed by atoms with Crippen molar-refractivity contribution in [2.45, 2.75) is 13.0 Å². The zero-order chi connectivity index (χ0) is 25.4. The van der Waals surface area contributed by atoms with Gasteiger partial charge in [-0.1, -0.05) is 59.9 Å². The number of aromatic nitrogens is 1. The van der Waals surface area contributed by atoms with E-state index in [1.807, 2.05) is 30.3 Å². The third-order valence-corrected chi connectivity index (χ3v) is 6.85. The second-order valence-electron chi connectivity index (χ2n) is 8.04. The molecule has 4 aromatic rings. The van der Waals surface area contributed by atoms with Crippen molar-refractivity contribution in [3.8, 4) is 11.3 Å². The number of ether oxygens (including phenoxy) is 1. The highest BCUT2D eigenvalue weighted by molar-refractivity contribution is 7.07. The Kier molecular flexibility index (Phi) is 5.99. The van der Waals surface area contributed by atoms with Crippen LogP contribution in [-0.4, -0.2) is 28.7 Å². The van der Waals surface area contributed by atoms with Gasteiger partial charge in [-0.3, -0.25) is 9.36 Å². The minimum Gasteiger partial charge on any atom is -0.478 e. The van der Waals surface area contributed by atoms with Crippen LogP contribution in [0.1, 0.15) is 34.6 Å². The summed E-state index contributed by atoms with van der Waals surface area (Å²) in [6.45, 7) is 1.72. The minimum absolute atomic E-state index is 0.117. The Morgan fingerprint density at radius 2 is 1.81 bits per heavy atom. The van der Waals surface area contributed by atoms with Gasteiger partial charge in [0.15, 0.2) is 4.80 Å². The molecule has 3 heterocycles. The summed E-state index contributed by atoms with van der Waals surface area (Å²) in [5, 5.41) is 9.48. The number of aromatic carboxylic acids is 1. The van der Waals surface area contributed by atoms with E-state index in [1.165, 1.54) is 29.1 Å². The Bertz CT molecular complexity index is 1710. The number of nitrogens with zero attached hydrogens (tertiary/aromatic N) is 2. The SMILES string of the molecule is COC(=O)C1=C(C)N=c2s/c(=C\c3ccc(-c4ccccc4C(=O)O)o3)c(=O)n2C1c1ccccc1. The average molecular weight is 501 g/mol. The maximum absolute atomic E-state index is 13.6. The van der Waals surface area contributed by atoms with E-state index in [0.717, 1.165) is 5.56 Å². The van der Waals surface area contributed by atoms with E-state index in [2.05, 4.69) is 4.99 Å². The van der Waals surface area contributed by atoms with Crippen molar-refractivity contribution >= 4 is 29.4 Å². The molecule has 36 heavy (non-hydrogen) atoms. The molecule has 1 atom stereocenters. The molecular formula is C27H20N2O6S. The van der Waals surface area contributed by atoms with Crippen LogP contribution in [-0.2, 0) is 9.53 Å². The quantitative estimate of drug-likeness (QED) is 0.421. The van der Waals surface area contributed by atoms with Gasteiger partial charge in [0.2, 0.25) is 0 Å². The molecular weight excluding hydrogens is 480 g/mol.